The monoisotopic (exact) mass is 221 g/mol. The van der Waals surface area contributed by atoms with E-state index in [4.69, 9.17) is 16.1 Å². The van der Waals surface area contributed by atoms with E-state index in [1.807, 2.05) is 31.2 Å². The van der Waals surface area contributed by atoms with Gasteiger partial charge in [0, 0.05) is 5.56 Å². The van der Waals surface area contributed by atoms with Crippen LogP contribution in [-0.2, 0) is 0 Å². The van der Waals surface area contributed by atoms with Crippen molar-refractivity contribution in [3.05, 3.63) is 40.6 Å². The molecule has 76 valence electrons. The van der Waals surface area contributed by atoms with Crippen LogP contribution in [0, 0.1) is 6.92 Å². The van der Waals surface area contributed by atoms with Crippen LogP contribution in [0.25, 0.3) is 11.3 Å². The molecular weight excluding hydrogens is 214 g/mol. The highest BCUT2D eigenvalue weighted by Crippen LogP contribution is 2.30. The zero-order valence-electron chi connectivity index (χ0n) is 8.03. The van der Waals surface area contributed by atoms with Gasteiger partial charge < -0.3 is 4.52 Å². The Labute approximate surface area is 91.6 Å². The zero-order chi connectivity index (χ0) is 10.8. The van der Waals surface area contributed by atoms with Crippen LogP contribution in [0.15, 0.2) is 28.8 Å². The maximum Gasteiger partial charge on any atom is 0.218 e. The van der Waals surface area contributed by atoms with Crippen LogP contribution in [-0.4, -0.2) is 11.4 Å². The van der Waals surface area contributed by atoms with Gasteiger partial charge in [0.1, 0.15) is 10.7 Å². The van der Waals surface area contributed by atoms with Crippen molar-refractivity contribution in [3.8, 4) is 11.3 Å². The Balaban J connectivity index is 2.59. The quantitative estimate of drug-likeness (QED) is 0.732. The number of hydrogen-bond donors (Lipinski definition) is 0. The normalized spacial score (nSPS) is 10.3. The molecule has 2 rings (SSSR count). The van der Waals surface area contributed by atoms with Crippen LogP contribution >= 0.6 is 11.6 Å². The Morgan fingerprint density at radius 2 is 2.13 bits per heavy atom. The van der Waals surface area contributed by atoms with Gasteiger partial charge in [-0.05, 0) is 12.5 Å². The summed E-state index contributed by atoms with van der Waals surface area (Å²) in [6.07, 6.45) is 0.553. The van der Waals surface area contributed by atoms with Gasteiger partial charge in [-0.15, -0.1) is 0 Å². The first-order valence-corrected chi connectivity index (χ1v) is 4.78. The number of halogens is 1. The fraction of sp³-hybridized carbons (Fsp3) is 0.0909. The van der Waals surface area contributed by atoms with Crippen LogP contribution in [0.1, 0.15) is 16.1 Å². The second-order valence-electron chi connectivity index (χ2n) is 3.14. The molecule has 0 amide bonds. The smallest absolute Gasteiger partial charge is 0.218 e. The minimum atomic E-state index is 0.0647. The molecule has 0 unspecified atom stereocenters. The Kier molecular flexibility index (Phi) is 2.56. The molecule has 0 spiro atoms. The standard InChI is InChI=1S/C11H8ClNO2/c1-7-4-2-3-5-8(7)11-10(12)9(6-14)15-13-11/h2-6H,1H3. The summed E-state index contributed by atoms with van der Waals surface area (Å²) in [6.45, 7) is 1.95. The molecule has 1 aromatic heterocycles. The lowest BCUT2D eigenvalue weighted by Crippen LogP contribution is -1.83. The molecule has 0 aliphatic carbocycles. The molecule has 0 bridgehead atoms. The van der Waals surface area contributed by atoms with Gasteiger partial charge in [0.15, 0.2) is 6.29 Å². The average Bonchev–Trinajstić information content (AvgIpc) is 2.60. The van der Waals surface area contributed by atoms with Crippen LogP contribution in [0.4, 0.5) is 0 Å². The molecule has 0 N–H and O–H groups in total. The van der Waals surface area contributed by atoms with Gasteiger partial charge in [-0.3, -0.25) is 4.79 Å². The van der Waals surface area contributed by atoms with Gasteiger partial charge in [-0.25, -0.2) is 0 Å². The minimum absolute atomic E-state index is 0.0647. The maximum atomic E-state index is 10.5. The van der Waals surface area contributed by atoms with Crippen LogP contribution in [0.2, 0.25) is 5.02 Å². The number of aldehydes is 1. The highest BCUT2D eigenvalue weighted by molar-refractivity contribution is 6.35. The summed E-state index contributed by atoms with van der Waals surface area (Å²) < 4.78 is 4.80. The predicted molar refractivity (Wildman–Crippen MR) is 57.1 cm³/mol. The average molecular weight is 222 g/mol. The second kappa shape index (κ2) is 3.87. The Morgan fingerprint density at radius 1 is 1.40 bits per heavy atom. The fourth-order valence-corrected chi connectivity index (χ4v) is 1.59. The molecule has 0 saturated heterocycles. The minimum Gasteiger partial charge on any atom is -0.351 e. The van der Waals surface area contributed by atoms with Crippen LogP contribution in [0.3, 0.4) is 0 Å². The number of aromatic nitrogens is 1. The summed E-state index contributed by atoms with van der Waals surface area (Å²) in [6, 6.07) is 7.63. The van der Waals surface area contributed by atoms with Crippen molar-refractivity contribution in [1.29, 1.82) is 0 Å². The van der Waals surface area contributed by atoms with Crippen molar-refractivity contribution in [1.82, 2.24) is 5.16 Å². The van der Waals surface area contributed by atoms with E-state index in [0.717, 1.165) is 11.1 Å². The fourth-order valence-electron chi connectivity index (χ4n) is 1.37. The molecule has 0 saturated carbocycles. The first-order chi connectivity index (χ1) is 7.24. The van der Waals surface area contributed by atoms with Gasteiger partial charge in [0.2, 0.25) is 5.76 Å². The third-order valence-electron chi connectivity index (χ3n) is 2.17. The topological polar surface area (TPSA) is 43.1 Å². The van der Waals surface area contributed by atoms with E-state index in [9.17, 15) is 4.79 Å². The second-order valence-corrected chi connectivity index (χ2v) is 3.52. The number of nitrogens with zero attached hydrogens (tertiary/aromatic N) is 1. The molecule has 4 heteroatoms. The predicted octanol–water partition coefficient (Wildman–Crippen LogP) is 3.12. The summed E-state index contributed by atoms with van der Waals surface area (Å²) >= 11 is 5.94. The van der Waals surface area contributed by atoms with Crippen molar-refractivity contribution in [3.63, 3.8) is 0 Å². The number of hydrogen-bond acceptors (Lipinski definition) is 3. The van der Waals surface area contributed by atoms with Crippen molar-refractivity contribution >= 4 is 17.9 Å². The molecule has 15 heavy (non-hydrogen) atoms. The van der Waals surface area contributed by atoms with E-state index >= 15 is 0 Å². The van der Waals surface area contributed by atoms with Gasteiger partial charge in [-0.2, -0.15) is 0 Å². The number of carbonyl (C=O) groups excluding carboxylic acids is 1. The largest absolute Gasteiger partial charge is 0.351 e. The summed E-state index contributed by atoms with van der Waals surface area (Å²) in [5, 5.41) is 4.04. The summed E-state index contributed by atoms with van der Waals surface area (Å²) in [4.78, 5) is 10.5. The summed E-state index contributed by atoms with van der Waals surface area (Å²) in [7, 11) is 0. The van der Waals surface area contributed by atoms with E-state index in [1.54, 1.807) is 0 Å². The van der Waals surface area contributed by atoms with E-state index in [1.165, 1.54) is 0 Å². The van der Waals surface area contributed by atoms with E-state index in [2.05, 4.69) is 5.16 Å². The molecule has 1 heterocycles. The molecular formula is C11H8ClNO2. The number of benzene rings is 1. The van der Waals surface area contributed by atoms with E-state index in [-0.39, 0.29) is 10.8 Å². The Bertz CT molecular complexity index is 505. The van der Waals surface area contributed by atoms with Gasteiger partial charge >= 0.3 is 0 Å². The van der Waals surface area contributed by atoms with Crippen LogP contribution < -0.4 is 0 Å². The zero-order valence-corrected chi connectivity index (χ0v) is 8.78. The molecule has 0 aliphatic rings. The number of carbonyl (C=O) groups is 1. The third-order valence-corrected chi connectivity index (χ3v) is 2.53. The van der Waals surface area contributed by atoms with E-state index < -0.39 is 0 Å². The van der Waals surface area contributed by atoms with Gasteiger partial charge in [-0.1, -0.05) is 41.0 Å². The van der Waals surface area contributed by atoms with Gasteiger partial charge in [0.05, 0.1) is 0 Å². The highest BCUT2D eigenvalue weighted by atomic mass is 35.5. The summed E-state index contributed by atoms with van der Waals surface area (Å²) in [5.74, 6) is 0.0647. The van der Waals surface area contributed by atoms with Crippen LogP contribution in [0.5, 0.6) is 0 Å². The van der Waals surface area contributed by atoms with Crippen molar-refractivity contribution < 1.29 is 9.32 Å². The molecule has 3 nitrogen and oxygen atoms in total. The van der Waals surface area contributed by atoms with Gasteiger partial charge in [0.25, 0.3) is 0 Å². The van der Waals surface area contributed by atoms with E-state index in [0.29, 0.717) is 12.0 Å². The van der Waals surface area contributed by atoms with Crippen molar-refractivity contribution in [2.75, 3.05) is 0 Å². The van der Waals surface area contributed by atoms with Crippen molar-refractivity contribution in [2.45, 2.75) is 6.92 Å². The lowest BCUT2D eigenvalue weighted by molar-refractivity contribution is 0.109. The SMILES string of the molecule is Cc1ccccc1-c1noc(C=O)c1Cl. The lowest BCUT2D eigenvalue weighted by Gasteiger charge is -2.00. The Morgan fingerprint density at radius 3 is 2.73 bits per heavy atom. The van der Waals surface area contributed by atoms with Crippen molar-refractivity contribution in [2.24, 2.45) is 0 Å². The number of aryl methyl sites for hydroxylation is 1. The number of rotatable bonds is 2. The first kappa shape index (κ1) is 9.93. The lowest BCUT2D eigenvalue weighted by atomic mass is 10.1. The molecule has 0 atom stereocenters. The summed E-state index contributed by atoms with van der Waals surface area (Å²) in [5.41, 5.74) is 2.42. The molecule has 0 aliphatic heterocycles. The molecule has 0 radical (unpaired) electrons. The Hall–Kier alpha value is -1.61. The first-order valence-electron chi connectivity index (χ1n) is 4.40. The molecule has 2 aromatic rings. The highest BCUT2D eigenvalue weighted by Gasteiger charge is 2.15. The molecule has 0 fully saturated rings. The molecule has 1 aromatic carbocycles. The maximum absolute atomic E-state index is 10.5. The third kappa shape index (κ3) is 1.66.